The van der Waals surface area contributed by atoms with Gasteiger partial charge in [-0.1, -0.05) is 6.92 Å². The molecule has 1 aliphatic heterocycles. The predicted molar refractivity (Wildman–Crippen MR) is 81.8 cm³/mol. The lowest BCUT2D eigenvalue weighted by molar-refractivity contribution is 0.124. The maximum atomic E-state index is 6.51. The van der Waals surface area contributed by atoms with Crippen LogP contribution in [0.2, 0.25) is 0 Å². The van der Waals surface area contributed by atoms with Crippen molar-refractivity contribution in [3.63, 3.8) is 0 Å². The van der Waals surface area contributed by atoms with E-state index in [1.807, 2.05) is 12.3 Å². The topological polar surface area (TPSA) is 51.4 Å². The lowest BCUT2D eigenvalue weighted by Crippen LogP contribution is -2.49. The van der Waals surface area contributed by atoms with E-state index in [9.17, 15) is 0 Å². The molecule has 1 aromatic heterocycles. The molecule has 112 valence electrons. The second-order valence-corrected chi connectivity index (χ2v) is 6.13. The number of hydrogen-bond donors (Lipinski definition) is 1. The normalized spacial score (nSPS) is 18.2. The van der Waals surface area contributed by atoms with Crippen LogP contribution in [-0.4, -0.2) is 35.1 Å². The Hall–Kier alpha value is -1.13. The minimum atomic E-state index is -0.0572. The van der Waals surface area contributed by atoms with E-state index in [4.69, 9.17) is 10.5 Å². The van der Waals surface area contributed by atoms with Gasteiger partial charge in [0.15, 0.2) is 0 Å². The Balaban J connectivity index is 2.12. The molecule has 0 spiro atoms. The van der Waals surface area contributed by atoms with Crippen LogP contribution in [0.1, 0.15) is 51.6 Å². The summed E-state index contributed by atoms with van der Waals surface area (Å²) in [6.07, 6.45) is 7.16. The molecule has 1 atom stereocenters. The number of hydrogen-bond acceptors (Lipinski definition) is 4. The van der Waals surface area contributed by atoms with E-state index in [0.717, 1.165) is 37.4 Å². The second-order valence-electron chi connectivity index (χ2n) is 6.13. The van der Waals surface area contributed by atoms with Gasteiger partial charge in [-0.2, -0.15) is 0 Å². The van der Waals surface area contributed by atoms with Crippen molar-refractivity contribution >= 4 is 0 Å². The zero-order valence-corrected chi connectivity index (χ0v) is 12.9. The molecular weight excluding hydrogens is 250 g/mol. The SMILES string of the molecule is CCCOc1cncc(C(N)C(C)(C)N2CCCC2)c1. The van der Waals surface area contributed by atoms with Crippen molar-refractivity contribution < 1.29 is 4.74 Å². The average molecular weight is 277 g/mol. The summed E-state index contributed by atoms with van der Waals surface area (Å²) < 4.78 is 5.65. The standard InChI is InChI=1S/C16H27N3O/c1-4-9-20-14-10-13(11-18-12-14)15(17)16(2,3)19-7-5-6-8-19/h10-12,15H,4-9,17H2,1-3H3. The summed E-state index contributed by atoms with van der Waals surface area (Å²) >= 11 is 0. The number of ether oxygens (including phenoxy) is 1. The highest BCUT2D eigenvalue weighted by atomic mass is 16.5. The Morgan fingerprint density at radius 2 is 2.05 bits per heavy atom. The Labute approximate surface area is 122 Å². The number of likely N-dealkylation sites (tertiary alicyclic amines) is 1. The maximum absolute atomic E-state index is 6.51. The minimum absolute atomic E-state index is 0.0540. The third-order valence-electron chi connectivity index (χ3n) is 4.25. The molecule has 2 heterocycles. The van der Waals surface area contributed by atoms with Crippen molar-refractivity contribution in [2.45, 2.75) is 51.6 Å². The molecule has 4 heteroatoms. The second kappa shape index (κ2) is 6.55. The summed E-state index contributed by atoms with van der Waals surface area (Å²) in [4.78, 5) is 6.76. The molecule has 0 radical (unpaired) electrons. The highest BCUT2D eigenvalue weighted by Crippen LogP contribution is 2.32. The molecule has 1 saturated heterocycles. The summed E-state index contributed by atoms with van der Waals surface area (Å²) in [5.74, 6) is 0.817. The van der Waals surface area contributed by atoms with Crippen molar-refractivity contribution in [3.8, 4) is 5.75 Å². The molecule has 0 aromatic carbocycles. The molecule has 0 saturated carbocycles. The first-order chi connectivity index (χ1) is 9.55. The Morgan fingerprint density at radius 1 is 1.35 bits per heavy atom. The van der Waals surface area contributed by atoms with Gasteiger partial charge in [-0.05, 0) is 57.8 Å². The Bertz CT molecular complexity index is 427. The van der Waals surface area contributed by atoms with Crippen molar-refractivity contribution in [1.29, 1.82) is 0 Å². The molecule has 4 nitrogen and oxygen atoms in total. The molecule has 1 fully saturated rings. The summed E-state index contributed by atoms with van der Waals surface area (Å²) in [7, 11) is 0. The van der Waals surface area contributed by atoms with Crippen LogP contribution in [-0.2, 0) is 0 Å². The van der Waals surface area contributed by atoms with E-state index < -0.39 is 0 Å². The van der Waals surface area contributed by atoms with Crippen molar-refractivity contribution in [2.24, 2.45) is 5.73 Å². The van der Waals surface area contributed by atoms with Gasteiger partial charge in [0.1, 0.15) is 5.75 Å². The van der Waals surface area contributed by atoms with E-state index in [1.54, 1.807) is 6.20 Å². The van der Waals surface area contributed by atoms with Crippen LogP contribution < -0.4 is 10.5 Å². The largest absolute Gasteiger partial charge is 0.492 e. The van der Waals surface area contributed by atoms with Crippen molar-refractivity contribution in [2.75, 3.05) is 19.7 Å². The highest BCUT2D eigenvalue weighted by molar-refractivity contribution is 5.28. The van der Waals surface area contributed by atoms with Gasteiger partial charge in [0, 0.05) is 17.8 Å². The fourth-order valence-electron chi connectivity index (χ4n) is 2.80. The van der Waals surface area contributed by atoms with Gasteiger partial charge < -0.3 is 10.5 Å². The van der Waals surface area contributed by atoms with E-state index in [-0.39, 0.29) is 11.6 Å². The van der Waals surface area contributed by atoms with Crippen molar-refractivity contribution in [1.82, 2.24) is 9.88 Å². The first-order valence-corrected chi connectivity index (χ1v) is 7.64. The molecule has 0 aliphatic carbocycles. The van der Waals surface area contributed by atoms with Crippen LogP contribution in [0.5, 0.6) is 5.75 Å². The van der Waals surface area contributed by atoms with Crippen LogP contribution in [0.15, 0.2) is 18.5 Å². The molecule has 0 amide bonds. The zero-order valence-electron chi connectivity index (χ0n) is 12.9. The number of nitrogens with two attached hydrogens (primary N) is 1. The molecule has 1 aliphatic rings. The zero-order chi connectivity index (χ0) is 14.6. The lowest BCUT2D eigenvalue weighted by atomic mass is 9.88. The van der Waals surface area contributed by atoms with Gasteiger partial charge in [-0.3, -0.25) is 9.88 Å². The fourth-order valence-corrected chi connectivity index (χ4v) is 2.80. The summed E-state index contributed by atoms with van der Waals surface area (Å²) in [6.45, 7) is 9.54. The third kappa shape index (κ3) is 3.30. The van der Waals surface area contributed by atoms with E-state index in [0.29, 0.717) is 0 Å². The molecule has 0 bridgehead atoms. The molecule has 2 rings (SSSR count). The van der Waals surface area contributed by atoms with Gasteiger partial charge in [-0.15, -0.1) is 0 Å². The number of nitrogens with zero attached hydrogens (tertiary/aromatic N) is 2. The van der Waals surface area contributed by atoms with Crippen molar-refractivity contribution in [3.05, 3.63) is 24.0 Å². The minimum Gasteiger partial charge on any atom is -0.492 e. The maximum Gasteiger partial charge on any atom is 0.137 e. The number of aromatic nitrogens is 1. The lowest BCUT2D eigenvalue weighted by Gasteiger charge is -2.40. The number of pyridine rings is 1. The fraction of sp³-hybridized carbons (Fsp3) is 0.688. The van der Waals surface area contributed by atoms with Crippen LogP contribution in [0.25, 0.3) is 0 Å². The van der Waals surface area contributed by atoms with E-state index in [1.165, 1.54) is 12.8 Å². The molecule has 2 N–H and O–H groups in total. The summed E-state index contributed by atoms with van der Waals surface area (Å²) in [6, 6.07) is 1.98. The van der Waals surface area contributed by atoms with Crippen LogP contribution in [0, 0.1) is 0 Å². The molecular formula is C16H27N3O. The van der Waals surface area contributed by atoms with Crippen LogP contribution in [0.4, 0.5) is 0 Å². The molecule has 20 heavy (non-hydrogen) atoms. The van der Waals surface area contributed by atoms with Gasteiger partial charge in [-0.25, -0.2) is 0 Å². The van der Waals surface area contributed by atoms with Gasteiger partial charge in [0.2, 0.25) is 0 Å². The monoisotopic (exact) mass is 277 g/mol. The molecule has 1 unspecified atom stereocenters. The summed E-state index contributed by atoms with van der Waals surface area (Å²) in [5.41, 5.74) is 7.51. The van der Waals surface area contributed by atoms with Crippen LogP contribution in [0.3, 0.4) is 0 Å². The Morgan fingerprint density at radius 3 is 2.70 bits per heavy atom. The quantitative estimate of drug-likeness (QED) is 0.868. The van der Waals surface area contributed by atoms with Crippen LogP contribution >= 0.6 is 0 Å². The number of rotatable bonds is 6. The third-order valence-corrected chi connectivity index (χ3v) is 4.25. The molecule has 1 aromatic rings. The Kier molecular flexibility index (Phi) is 5.00. The van der Waals surface area contributed by atoms with Gasteiger partial charge in [0.05, 0.1) is 12.8 Å². The van der Waals surface area contributed by atoms with Gasteiger partial charge >= 0.3 is 0 Å². The predicted octanol–water partition coefficient (Wildman–Crippen LogP) is 2.74. The first kappa shape index (κ1) is 15.3. The van der Waals surface area contributed by atoms with E-state index >= 15 is 0 Å². The average Bonchev–Trinajstić information content (AvgIpc) is 2.99. The first-order valence-electron chi connectivity index (χ1n) is 7.64. The van der Waals surface area contributed by atoms with Gasteiger partial charge in [0.25, 0.3) is 0 Å². The smallest absolute Gasteiger partial charge is 0.137 e. The summed E-state index contributed by atoms with van der Waals surface area (Å²) in [5, 5.41) is 0. The van der Waals surface area contributed by atoms with E-state index in [2.05, 4.69) is 30.7 Å². The highest BCUT2D eigenvalue weighted by Gasteiger charge is 2.35.